The molecule has 0 spiro atoms. The van der Waals surface area contributed by atoms with Crippen molar-refractivity contribution in [3.63, 3.8) is 0 Å². The van der Waals surface area contributed by atoms with Crippen LogP contribution in [0.2, 0.25) is 0 Å². The lowest BCUT2D eigenvalue weighted by atomic mass is 10.0. The number of rotatable bonds is 5. The van der Waals surface area contributed by atoms with E-state index < -0.39 is 0 Å². The van der Waals surface area contributed by atoms with Crippen LogP contribution in [0.5, 0.6) is 0 Å². The summed E-state index contributed by atoms with van der Waals surface area (Å²) in [5.41, 5.74) is 1.46. The number of hydrogen-bond acceptors (Lipinski definition) is 2. The first-order valence-corrected chi connectivity index (χ1v) is 6.88. The SMILES string of the molecule is CCCCC(NC)c1cccc2ccsc12. The van der Waals surface area contributed by atoms with Crippen molar-refractivity contribution in [2.45, 2.75) is 32.2 Å². The van der Waals surface area contributed by atoms with Crippen molar-refractivity contribution in [1.29, 1.82) is 0 Å². The standard InChI is InChI=1S/C14H19NS/c1-3-4-8-13(15-2)12-7-5-6-11-9-10-16-14(11)12/h5-7,9-10,13,15H,3-4,8H2,1-2H3. The lowest BCUT2D eigenvalue weighted by Gasteiger charge is -2.17. The fourth-order valence-electron chi connectivity index (χ4n) is 2.15. The molecule has 0 fully saturated rings. The van der Waals surface area contributed by atoms with Crippen LogP contribution in [-0.4, -0.2) is 7.05 Å². The van der Waals surface area contributed by atoms with Crippen molar-refractivity contribution in [2.24, 2.45) is 0 Å². The third-order valence-corrected chi connectivity index (χ3v) is 4.06. The minimum atomic E-state index is 0.502. The fourth-order valence-corrected chi connectivity index (χ4v) is 3.12. The van der Waals surface area contributed by atoms with Gasteiger partial charge in [0.15, 0.2) is 0 Å². The summed E-state index contributed by atoms with van der Waals surface area (Å²) in [6, 6.07) is 9.33. The molecule has 16 heavy (non-hydrogen) atoms. The highest BCUT2D eigenvalue weighted by molar-refractivity contribution is 7.17. The van der Waals surface area contributed by atoms with E-state index in [1.165, 1.54) is 34.9 Å². The normalized spacial score (nSPS) is 13.1. The van der Waals surface area contributed by atoms with Crippen LogP contribution in [-0.2, 0) is 0 Å². The molecule has 0 aliphatic heterocycles. The summed E-state index contributed by atoms with van der Waals surface area (Å²) in [7, 11) is 2.06. The molecule has 2 heteroatoms. The highest BCUT2D eigenvalue weighted by atomic mass is 32.1. The second-order valence-electron chi connectivity index (χ2n) is 4.17. The van der Waals surface area contributed by atoms with Gasteiger partial charge in [0.1, 0.15) is 0 Å². The number of thiophene rings is 1. The molecule has 0 radical (unpaired) electrons. The Morgan fingerprint density at radius 1 is 1.31 bits per heavy atom. The Morgan fingerprint density at radius 2 is 2.19 bits per heavy atom. The summed E-state index contributed by atoms with van der Waals surface area (Å²) in [4.78, 5) is 0. The van der Waals surface area contributed by atoms with Crippen LogP contribution in [0.25, 0.3) is 10.1 Å². The predicted octanol–water partition coefficient (Wildman–Crippen LogP) is 4.35. The van der Waals surface area contributed by atoms with E-state index in [-0.39, 0.29) is 0 Å². The topological polar surface area (TPSA) is 12.0 Å². The smallest absolute Gasteiger partial charge is 0.0390 e. The Hall–Kier alpha value is -0.860. The minimum absolute atomic E-state index is 0.502. The van der Waals surface area contributed by atoms with E-state index >= 15 is 0 Å². The highest BCUT2D eigenvalue weighted by Gasteiger charge is 2.12. The van der Waals surface area contributed by atoms with Gasteiger partial charge < -0.3 is 5.32 Å². The average Bonchev–Trinajstić information content (AvgIpc) is 2.78. The van der Waals surface area contributed by atoms with Crippen LogP contribution in [0.15, 0.2) is 29.6 Å². The Morgan fingerprint density at radius 3 is 2.94 bits per heavy atom. The third kappa shape index (κ3) is 2.28. The van der Waals surface area contributed by atoms with Gasteiger partial charge >= 0.3 is 0 Å². The molecule has 1 N–H and O–H groups in total. The van der Waals surface area contributed by atoms with Crippen LogP contribution in [0, 0.1) is 0 Å². The molecular formula is C14H19NS. The van der Waals surface area contributed by atoms with Gasteiger partial charge in [0.25, 0.3) is 0 Å². The second kappa shape index (κ2) is 5.46. The van der Waals surface area contributed by atoms with E-state index in [1.54, 1.807) is 0 Å². The zero-order valence-corrected chi connectivity index (χ0v) is 10.8. The summed E-state index contributed by atoms with van der Waals surface area (Å²) < 4.78 is 1.44. The monoisotopic (exact) mass is 233 g/mol. The van der Waals surface area contributed by atoms with Gasteiger partial charge in [-0.25, -0.2) is 0 Å². The van der Waals surface area contributed by atoms with E-state index in [1.807, 2.05) is 11.3 Å². The van der Waals surface area contributed by atoms with E-state index in [9.17, 15) is 0 Å². The summed E-state index contributed by atoms with van der Waals surface area (Å²) in [5.74, 6) is 0. The first kappa shape index (κ1) is 11.6. The first-order chi connectivity index (χ1) is 7.86. The maximum absolute atomic E-state index is 3.44. The van der Waals surface area contributed by atoms with E-state index in [0.29, 0.717) is 6.04 Å². The average molecular weight is 233 g/mol. The maximum atomic E-state index is 3.44. The van der Waals surface area contributed by atoms with Crippen molar-refractivity contribution in [3.8, 4) is 0 Å². The molecule has 2 aromatic rings. The second-order valence-corrected chi connectivity index (χ2v) is 5.09. The molecule has 0 bridgehead atoms. The van der Waals surface area contributed by atoms with Crippen LogP contribution in [0.3, 0.4) is 0 Å². The predicted molar refractivity (Wildman–Crippen MR) is 73.2 cm³/mol. The van der Waals surface area contributed by atoms with Gasteiger partial charge in [-0.2, -0.15) is 0 Å². The number of unbranched alkanes of at least 4 members (excludes halogenated alkanes) is 1. The molecule has 1 unspecified atom stereocenters. The van der Waals surface area contributed by atoms with E-state index in [2.05, 4.69) is 48.9 Å². The number of fused-ring (bicyclic) bond motifs is 1. The molecule has 1 aromatic carbocycles. The van der Waals surface area contributed by atoms with E-state index in [4.69, 9.17) is 0 Å². The quantitative estimate of drug-likeness (QED) is 0.809. The molecule has 1 atom stereocenters. The molecule has 0 aliphatic carbocycles. The van der Waals surface area contributed by atoms with E-state index in [0.717, 1.165) is 0 Å². The van der Waals surface area contributed by atoms with Gasteiger partial charge in [-0.05, 0) is 35.9 Å². The van der Waals surface area contributed by atoms with Crippen LogP contribution in [0.1, 0.15) is 37.8 Å². The molecule has 0 saturated heterocycles. The molecule has 0 aliphatic rings. The summed E-state index contributed by atoms with van der Waals surface area (Å²) >= 11 is 1.85. The lowest BCUT2D eigenvalue weighted by molar-refractivity contribution is 0.526. The Bertz CT molecular complexity index is 447. The number of hydrogen-bond donors (Lipinski definition) is 1. The summed E-state index contributed by atoms with van der Waals surface area (Å²) in [6.07, 6.45) is 3.77. The largest absolute Gasteiger partial charge is 0.313 e. The molecule has 1 nitrogen and oxygen atoms in total. The molecule has 86 valence electrons. The molecule has 2 rings (SSSR count). The van der Waals surface area contributed by atoms with Crippen molar-refractivity contribution in [3.05, 3.63) is 35.2 Å². The molecular weight excluding hydrogens is 214 g/mol. The van der Waals surface area contributed by atoms with Crippen LogP contribution < -0.4 is 5.32 Å². The first-order valence-electron chi connectivity index (χ1n) is 6.00. The third-order valence-electron chi connectivity index (χ3n) is 3.08. The fraction of sp³-hybridized carbons (Fsp3) is 0.429. The lowest BCUT2D eigenvalue weighted by Crippen LogP contribution is -2.16. The minimum Gasteiger partial charge on any atom is -0.313 e. The Kier molecular flexibility index (Phi) is 3.97. The highest BCUT2D eigenvalue weighted by Crippen LogP contribution is 2.30. The van der Waals surface area contributed by atoms with Gasteiger partial charge in [0.05, 0.1) is 0 Å². The van der Waals surface area contributed by atoms with Gasteiger partial charge in [-0.15, -0.1) is 11.3 Å². The van der Waals surface area contributed by atoms with Crippen molar-refractivity contribution in [2.75, 3.05) is 7.05 Å². The van der Waals surface area contributed by atoms with Crippen molar-refractivity contribution in [1.82, 2.24) is 5.32 Å². The van der Waals surface area contributed by atoms with Crippen LogP contribution in [0.4, 0.5) is 0 Å². The zero-order valence-electron chi connectivity index (χ0n) is 9.99. The molecule has 1 heterocycles. The zero-order chi connectivity index (χ0) is 11.4. The van der Waals surface area contributed by atoms with Crippen molar-refractivity contribution >= 4 is 21.4 Å². The van der Waals surface area contributed by atoms with Crippen molar-refractivity contribution < 1.29 is 0 Å². The van der Waals surface area contributed by atoms with Gasteiger partial charge in [-0.3, -0.25) is 0 Å². The van der Waals surface area contributed by atoms with Gasteiger partial charge in [-0.1, -0.05) is 38.0 Å². The summed E-state index contributed by atoms with van der Waals surface area (Å²) in [5, 5.41) is 7.00. The maximum Gasteiger partial charge on any atom is 0.0390 e. The van der Waals surface area contributed by atoms with Crippen LogP contribution >= 0.6 is 11.3 Å². The number of benzene rings is 1. The van der Waals surface area contributed by atoms with Gasteiger partial charge in [0.2, 0.25) is 0 Å². The Labute approximate surface area is 101 Å². The molecule has 1 aromatic heterocycles. The molecule has 0 saturated carbocycles. The molecule has 0 amide bonds. The van der Waals surface area contributed by atoms with Gasteiger partial charge in [0, 0.05) is 10.7 Å². The number of nitrogens with one attached hydrogen (secondary N) is 1. The summed E-state index contributed by atoms with van der Waals surface area (Å²) in [6.45, 7) is 2.25. The Balaban J connectivity index is 2.32.